The van der Waals surface area contributed by atoms with Gasteiger partial charge >= 0.3 is 6.03 Å². The molecule has 0 saturated carbocycles. The molecule has 3 aliphatic heterocycles. The van der Waals surface area contributed by atoms with Crippen molar-refractivity contribution in [1.29, 1.82) is 0 Å². The summed E-state index contributed by atoms with van der Waals surface area (Å²) in [5, 5.41) is 9.35. The smallest absolute Gasteiger partial charge is 0.328 e. The number of carbonyl (C=O) groups excluding carboxylic acids is 3. The Morgan fingerprint density at radius 1 is 1.17 bits per heavy atom. The van der Waals surface area contributed by atoms with Gasteiger partial charge in [0.2, 0.25) is 5.91 Å². The first-order valence-electron chi connectivity index (χ1n) is 10.7. The lowest BCUT2D eigenvalue weighted by molar-refractivity contribution is -0.146. The van der Waals surface area contributed by atoms with Crippen molar-refractivity contribution in [3.05, 3.63) is 35.9 Å². The van der Waals surface area contributed by atoms with E-state index in [4.69, 9.17) is 4.74 Å². The normalized spacial score (nSPS) is 24.0. The summed E-state index contributed by atoms with van der Waals surface area (Å²) in [6.45, 7) is 2.10. The quantitative estimate of drug-likeness (QED) is 0.731. The largest absolute Gasteiger partial charge is 0.395 e. The summed E-state index contributed by atoms with van der Waals surface area (Å²) in [4.78, 5) is 43.9. The van der Waals surface area contributed by atoms with Gasteiger partial charge in [0.15, 0.2) is 0 Å². The monoisotopic (exact) mass is 415 g/mol. The predicted octanol–water partition coefficient (Wildman–Crippen LogP) is 1.23. The van der Waals surface area contributed by atoms with Gasteiger partial charge in [-0.05, 0) is 31.2 Å². The van der Waals surface area contributed by atoms with Gasteiger partial charge in [-0.1, -0.05) is 30.3 Å². The molecule has 0 radical (unpaired) electrons. The molecule has 8 nitrogen and oxygen atoms in total. The van der Waals surface area contributed by atoms with Gasteiger partial charge in [-0.2, -0.15) is 0 Å². The van der Waals surface area contributed by atoms with Crippen molar-refractivity contribution in [3.8, 4) is 0 Å². The van der Waals surface area contributed by atoms with Crippen LogP contribution < -0.4 is 0 Å². The van der Waals surface area contributed by atoms with E-state index in [1.807, 2.05) is 35.2 Å². The minimum Gasteiger partial charge on any atom is -0.395 e. The Hall–Kier alpha value is -2.45. The lowest BCUT2D eigenvalue weighted by atomic mass is 9.84. The van der Waals surface area contributed by atoms with Crippen LogP contribution in [0.25, 0.3) is 0 Å². The van der Waals surface area contributed by atoms with Crippen molar-refractivity contribution >= 4 is 17.8 Å². The average molecular weight is 415 g/mol. The number of aliphatic hydroxyl groups excluding tert-OH is 1. The van der Waals surface area contributed by atoms with Crippen molar-refractivity contribution < 1.29 is 24.2 Å². The molecule has 8 heteroatoms. The third-order valence-corrected chi connectivity index (χ3v) is 6.54. The molecule has 1 aromatic carbocycles. The molecule has 1 unspecified atom stereocenters. The topological polar surface area (TPSA) is 90.4 Å². The second-order valence-electron chi connectivity index (χ2n) is 8.31. The molecule has 0 bridgehead atoms. The average Bonchev–Trinajstić information content (AvgIpc) is 2.97. The van der Waals surface area contributed by atoms with Gasteiger partial charge in [-0.3, -0.25) is 14.5 Å². The summed E-state index contributed by atoms with van der Waals surface area (Å²) in [6.07, 6.45) is 2.54. The fraction of sp³-hybridized carbons (Fsp3) is 0.591. The Kier molecular flexibility index (Phi) is 6.06. The van der Waals surface area contributed by atoms with E-state index in [1.165, 1.54) is 0 Å². The molecule has 3 aliphatic rings. The van der Waals surface area contributed by atoms with E-state index in [0.717, 1.165) is 23.3 Å². The van der Waals surface area contributed by atoms with Crippen LogP contribution in [0.2, 0.25) is 0 Å². The molecule has 1 spiro atoms. The summed E-state index contributed by atoms with van der Waals surface area (Å²) in [5.74, 6) is -0.284. The van der Waals surface area contributed by atoms with Crippen LogP contribution in [0.1, 0.15) is 31.2 Å². The summed E-state index contributed by atoms with van der Waals surface area (Å²) >= 11 is 0. The molecule has 3 fully saturated rings. The maximum Gasteiger partial charge on any atom is 0.328 e. The Bertz CT molecular complexity index is 785. The summed E-state index contributed by atoms with van der Waals surface area (Å²) in [5.41, 5.74) is -0.0104. The van der Waals surface area contributed by atoms with E-state index >= 15 is 0 Å². The maximum absolute atomic E-state index is 13.3. The molecule has 162 valence electrons. The first-order valence-corrected chi connectivity index (χ1v) is 10.7. The fourth-order valence-corrected chi connectivity index (χ4v) is 4.84. The van der Waals surface area contributed by atoms with Gasteiger partial charge in [-0.15, -0.1) is 0 Å². The van der Waals surface area contributed by atoms with Crippen LogP contribution in [-0.2, 0) is 20.9 Å². The van der Waals surface area contributed by atoms with Gasteiger partial charge in [-0.25, -0.2) is 4.79 Å². The molecule has 0 aliphatic carbocycles. The van der Waals surface area contributed by atoms with Gasteiger partial charge in [0.05, 0.1) is 25.7 Å². The number of imide groups is 1. The minimum absolute atomic E-state index is 0.00718. The van der Waals surface area contributed by atoms with Crippen molar-refractivity contribution in [2.45, 2.75) is 37.8 Å². The summed E-state index contributed by atoms with van der Waals surface area (Å²) in [7, 11) is 0. The van der Waals surface area contributed by atoms with E-state index in [0.29, 0.717) is 45.7 Å². The number of carbonyl (C=O) groups is 3. The third-order valence-electron chi connectivity index (χ3n) is 6.54. The minimum atomic E-state index is -0.956. The number of hydrogen-bond acceptors (Lipinski definition) is 5. The SMILES string of the molecule is O=C(C1CCCOC1)N1CCC2(CC1)C(=O)N(CCO)C(=O)N2Cc1ccccc1. The number of aliphatic hydroxyl groups is 1. The number of likely N-dealkylation sites (tertiary alicyclic amines) is 1. The molecule has 4 rings (SSSR count). The van der Waals surface area contributed by atoms with Crippen molar-refractivity contribution in [3.63, 3.8) is 0 Å². The number of piperidine rings is 1. The standard InChI is InChI=1S/C22H29N3O5/c26-13-12-24-20(28)22(25(21(24)29)15-17-5-2-1-3-6-17)8-10-23(11-9-22)19(27)18-7-4-14-30-16-18/h1-3,5-6,18,26H,4,7-16H2. The van der Waals surface area contributed by atoms with Crippen LogP contribution in [0.5, 0.6) is 0 Å². The van der Waals surface area contributed by atoms with Crippen molar-refractivity contribution in [2.75, 3.05) is 39.5 Å². The van der Waals surface area contributed by atoms with Crippen LogP contribution in [-0.4, -0.2) is 82.6 Å². The highest BCUT2D eigenvalue weighted by atomic mass is 16.5. The molecule has 1 aromatic rings. The molecule has 3 saturated heterocycles. The number of urea groups is 1. The lowest BCUT2D eigenvalue weighted by Gasteiger charge is -2.43. The zero-order chi connectivity index (χ0) is 21.1. The Morgan fingerprint density at radius 2 is 1.90 bits per heavy atom. The van der Waals surface area contributed by atoms with Gasteiger partial charge in [0.25, 0.3) is 5.91 Å². The number of ether oxygens (including phenoxy) is 1. The molecule has 0 aromatic heterocycles. The lowest BCUT2D eigenvalue weighted by Crippen LogP contribution is -2.58. The highest BCUT2D eigenvalue weighted by Crippen LogP contribution is 2.38. The highest BCUT2D eigenvalue weighted by Gasteiger charge is 2.58. The number of benzene rings is 1. The van der Waals surface area contributed by atoms with E-state index in [9.17, 15) is 19.5 Å². The predicted molar refractivity (Wildman–Crippen MR) is 108 cm³/mol. The Morgan fingerprint density at radius 3 is 2.53 bits per heavy atom. The zero-order valence-corrected chi connectivity index (χ0v) is 17.2. The fourth-order valence-electron chi connectivity index (χ4n) is 4.84. The number of β-amino-alcohol motifs (C(OH)–C–C–N with tert-alkyl or cyclic N) is 1. The molecule has 3 heterocycles. The molecule has 4 amide bonds. The van der Waals surface area contributed by atoms with Crippen LogP contribution in [0, 0.1) is 5.92 Å². The number of hydrogen-bond donors (Lipinski definition) is 1. The van der Waals surface area contributed by atoms with E-state index < -0.39 is 5.54 Å². The second-order valence-corrected chi connectivity index (χ2v) is 8.31. The van der Waals surface area contributed by atoms with Crippen molar-refractivity contribution in [1.82, 2.24) is 14.7 Å². The summed E-state index contributed by atoms with van der Waals surface area (Å²) < 4.78 is 5.46. The van der Waals surface area contributed by atoms with Crippen LogP contribution in [0.15, 0.2) is 30.3 Å². The molecule has 1 atom stereocenters. The van der Waals surface area contributed by atoms with E-state index in [1.54, 1.807) is 4.90 Å². The van der Waals surface area contributed by atoms with Gasteiger partial charge < -0.3 is 19.6 Å². The highest BCUT2D eigenvalue weighted by molar-refractivity contribution is 6.07. The molecular weight excluding hydrogens is 386 g/mol. The molecular formula is C22H29N3O5. The van der Waals surface area contributed by atoms with Gasteiger partial charge in [0, 0.05) is 26.2 Å². The molecule has 1 N–H and O–H groups in total. The third kappa shape index (κ3) is 3.70. The van der Waals surface area contributed by atoms with Crippen LogP contribution in [0.4, 0.5) is 4.79 Å². The Balaban J connectivity index is 1.52. The maximum atomic E-state index is 13.3. The zero-order valence-electron chi connectivity index (χ0n) is 17.2. The second kappa shape index (κ2) is 8.73. The number of rotatable bonds is 5. The van der Waals surface area contributed by atoms with Gasteiger partial charge in [0.1, 0.15) is 5.54 Å². The Labute approximate surface area is 176 Å². The summed E-state index contributed by atoms with van der Waals surface area (Å²) in [6, 6.07) is 9.22. The number of nitrogens with zero attached hydrogens (tertiary/aromatic N) is 3. The van der Waals surface area contributed by atoms with Crippen LogP contribution >= 0.6 is 0 Å². The first kappa shape index (κ1) is 20.8. The van der Waals surface area contributed by atoms with Crippen molar-refractivity contribution in [2.24, 2.45) is 5.92 Å². The number of amides is 4. The van der Waals surface area contributed by atoms with E-state index in [2.05, 4.69) is 0 Å². The first-order chi connectivity index (χ1) is 14.6. The molecule has 30 heavy (non-hydrogen) atoms. The van der Waals surface area contributed by atoms with Crippen LogP contribution in [0.3, 0.4) is 0 Å². The van der Waals surface area contributed by atoms with E-state index in [-0.39, 0.29) is 36.9 Å².